The molecule has 0 bridgehead atoms. The largest absolute Gasteiger partial charge is 0.493 e. The van der Waals surface area contributed by atoms with Crippen LogP contribution in [0.15, 0.2) is 18.2 Å². The molecule has 0 spiro atoms. The van der Waals surface area contributed by atoms with Crippen LogP contribution < -0.4 is 9.47 Å². The average molecular weight is 270 g/mol. The van der Waals surface area contributed by atoms with Crippen LogP contribution in [-0.2, 0) is 6.54 Å². The van der Waals surface area contributed by atoms with Gasteiger partial charge in [-0.25, -0.2) is 0 Å². The molecule has 0 aromatic heterocycles. The summed E-state index contributed by atoms with van der Waals surface area (Å²) in [6.45, 7) is 2.06. The number of likely N-dealkylation sites (tertiary alicyclic amines) is 1. The van der Waals surface area contributed by atoms with Crippen LogP contribution in [0.25, 0.3) is 0 Å². The SMILES string of the molecule is COc1ccc(CN2CCCC2CCl)cc1OC. The minimum atomic E-state index is 0.514. The molecule has 1 fully saturated rings. The van der Waals surface area contributed by atoms with Crippen molar-refractivity contribution in [3.8, 4) is 11.5 Å². The van der Waals surface area contributed by atoms with Gasteiger partial charge in [0, 0.05) is 18.5 Å². The zero-order valence-electron chi connectivity index (χ0n) is 11.0. The minimum absolute atomic E-state index is 0.514. The third-order valence-electron chi connectivity index (χ3n) is 3.51. The minimum Gasteiger partial charge on any atom is -0.493 e. The van der Waals surface area contributed by atoms with Crippen molar-refractivity contribution in [2.24, 2.45) is 0 Å². The van der Waals surface area contributed by atoms with Crippen LogP contribution in [0, 0.1) is 0 Å². The van der Waals surface area contributed by atoms with Crippen molar-refractivity contribution in [2.45, 2.75) is 25.4 Å². The Bertz CT molecular complexity index is 397. The van der Waals surface area contributed by atoms with Crippen molar-refractivity contribution >= 4 is 11.6 Å². The molecular formula is C14H20ClNO2. The molecule has 0 aliphatic carbocycles. The van der Waals surface area contributed by atoms with E-state index in [9.17, 15) is 0 Å². The highest BCUT2D eigenvalue weighted by Crippen LogP contribution is 2.29. The van der Waals surface area contributed by atoms with Gasteiger partial charge < -0.3 is 9.47 Å². The summed E-state index contributed by atoms with van der Waals surface area (Å²) < 4.78 is 10.6. The first-order valence-electron chi connectivity index (χ1n) is 6.29. The maximum Gasteiger partial charge on any atom is 0.161 e. The van der Waals surface area contributed by atoms with Crippen molar-refractivity contribution in [3.63, 3.8) is 0 Å². The lowest BCUT2D eigenvalue weighted by Crippen LogP contribution is -2.30. The van der Waals surface area contributed by atoms with Gasteiger partial charge in [-0.3, -0.25) is 4.90 Å². The van der Waals surface area contributed by atoms with E-state index < -0.39 is 0 Å². The fourth-order valence-electron chi connectivity index (χ4n) is 2.49. The molecule has 0 amide bonds. The first-order chi connectivity index (χ1) is 8.78. The van der Waals surface area contributed by atoms with E-state index in [2.05, 4.69) is 11.0 Å². The third kappa shape index (κ3) is 2.90. The second-order valence-electron chi connectivity index (χ2n) is 4.61. The molecule has 1 saturated heterocycles. The Morgan fingerprint density at radius 1 is 1.28 bits per heavy atom. The van der Waals surface area contributed by atoms with E-state index in [-0.39, 0.29) is 0 Å². The molecule has 4 heteroatoms. The number of benzene rings is 1. The van der Waals surface area contributed by atoms with Crippen LogP contribution >= 0.6 is 11.6 Å². The molecule has 18 heavy (non-hydrogen) atoms. The van der Waals surface area contributed by atoms with Gasteiger partial charge in [0.2, 0.25) is 0 Å². The van der Waals surface area contributed by atoms with Gasteiger partial charge in [-0.2, -0.15) is 0 Å². The van der Waals surface area contributed by atoms with Crippen LogP contribution in [0.2, 0.25) is 0 Å². The molecule has 1 aliphatic rings. The molecule has 1 heterocycles. The lowest BCUT2D eigenvalue weighted by atomic mass is 10.1. The van der Waals surface area contributed by atoms with E-state index in [1.54, 1.807) is 14.2 Å². The van der Waals surface area contributed by atoms with E-state index in [4.69, 9.17) is 21.1 Å². The molecule has 0 saturated carbocycles. The Hall–Kier alpha value is -0.930. The summed E-state index contributed by atoms with van der Waals surface area (Å²) in [5.74, 6) is 2.28. The first kappa shape index (κ1) is 13.5. The Morgan fingerprint density at radius 3 is 2.72 bits per heavy atom. The number of hydrogen-bond donors (Lipinski definition) is 0. The summed E-state index contributed by atoms with van der Waals surface area (Å²) in [5.41, 5.74) is 1.24. The number of rotatable bonds is 5. The molecule has 1 aromatic carbocycles. The Morgan fingerprint density at radius 2 is 2.06 bits per heavy atom. The van der Waals surface area contributed by atoms with Crippen molar-refractivity contribution in [1.29, 1.82) is 0 Å². The van der Waals surface area contributed by atoms with E-state index in [1.807, 2.05) is 12.1 Å². The predicted molar refractivity (Wildman–Crippen MR) is 73.7 cm³/mol. The molecule has 100 valence electrons. The number of alkyl halides is 1. The molecular weight excluding hydrogens is 250 g/mol. The summed E-state index contributed by atoms with van der Waals surface area (Å²) in [6, 6.07) is 6.60. The third-order valence-corrected chi connectivity index (χ3v) is 3.87. The van der Waals surface area contributed by atoms with Gasteiger partial charge >= 0.3 is 0 Å². The number of ether oxygens (including phenoxy) is 2. The summed E-state index contributed by atoms with van der Waals surface area (Å²) in [6.07, 6.45) is 2.45. The van der Waals surface area contributed by atoms with Gasteiger partial charge in [-0.05, 0) is 37.1 Å². The van der Waals surface area contributed by atoms with Gasteiger partial charge in [0.25, 0.3) is 0 Å². The molecule has 1 unspecified atom stereocenters. The smallest absolute Gasteiger partial charge is 0.161 e. The molecule has 1 aromatic rings. The van der Waals surface area contributed by atoms with Gasteiger partial charge in [0.05, 0.1) is 14.2 Å². The molecule has 2 rings (SSSR count). The van der Waals surface area contributed by atoms with Crippen LogP contribution in [0.4, 0.5) is 0 Å². The predicted octanol–water partition coefficient (Wildman–Crippen LogP) is 2.91. The Balaban J connectivity index is 2.09. The topological polar surface area (TPSA) is 21.7 Å². The summed E-state index contributed by atoms with van der Waals surface area (Å²) in [4.78, 5) is 2.44. The van der Waals surface area contributed by atoms with Gasteiger partial charge in [0.1, 0.15) is 0 Å². The number of halogens is 1. The number of nitrogens with zero attached hydrogens (tertiary/aromatic N) is 1. The van der Waals surface area contributed by atoms with Crippen molar-refractivity contribution in [2.75, 3.05) is 26.6 Å². The van der Waals surface area contributed by atoms with Gasteiger partial charge in [-0.1, -0.05) is 6.07 Å². The van der Waals surface area contributed by atoms with Gasteiger partial charge in [-0.15, -0.1) is 11.6 Å². The van der Waals surface area contributed by atoms with Crippen molar-refractivity contribution in [3.05, 3.63) is 23.8 Å². The monoisotopic (exact) mass is 269 g/mol. The Kier molecular flexibility index (Phi) is 4.72. The highest BCUT2D eigenvalue weighted by atomic mass is 35.5. The number of hydrogen-bond acceptors (Lipinski definition) is 3. The second kappa shape index (κ2) is 6.30. The summed E-state index contributed by atoms with van der Waals surface area (Å²) in [5, 5.41) is 0. The van der Waals surface area contributed by atoms with Crippen LogP contribution in [0.1, 0.15) is 18.4 Å². The maximum atomic E-state index is 5.99. The standard InChI is InChI=1S/C14H20ClNO2/c1-17-13-6-5-11(8-14(13)18-2)10-16-7-3-4-12(16)9-15/h5-6,8,12H,3-4,7,9-10H2,1-2H3. The molecule has 1 aliphatic heterocycles. The molecule has 1 atom stereocenters. The fourth-order valence-corrected chi connectivity index (χ4v) is 2.84. The quantitative estimate of drug-likeness (QED) is 0.767. The van der Waals surface area contributed by atoms with E-state index in [0.29, 0.717) is 11.9 Å². The summed E-state index contributed by atoms with van der Waals surface area (Å²) >= 11 is 5.99. The van der Waals surface area contributed by atoms with E-state index >= 15 is 0 Å². The second-order valence-corrected chi connectivity index (χ2v) is 4.92. The lowest BCUT2D eigenvalue weighted by Gasteiger charge is -2.23. The van der Waals surface area contributed by atoms with Crippen LogP contribution in [0.3, 0.4) is 0 Å². The van der Waals surface area contributed by atoms with Crippen molar-refractivity contribution in [1.82, 2.24) is 4.90 Å². The Labute approximate surface area is 114 Å². The highest BCUT2D eigenvalue weighted by molar-refractivity contribution is 6.18. The number of methoxy groups -OCH3 is 2. The van der Waals surface area contributed by atoms with Crippen LogP contribution in [-0.4, -0.2) is 37.6 Å². The molecule has 3 nitrogen and oxygen atoms in total. The zero-order valence-corrected chi connectivity index (χ0v) is 11.7. The van der Waals surface area contributed by atoms with E-state index in [1.165, 1.54) is 18.4 Å². The molecule has 0 radical (unpaired) electrons. The highest BCUT2D eigenvalue weighted by Gasteiger charge is 2.23. The molecule has 0 N–H and O–H groups in total. The summed E-state index contributed by atoms with van der Waals surface area (Å²) in [7, 11) is 3.32. The zero-order chi connectivity index (χ0) is 13.0. The normalized spacial score (nSPS) is 20.1. The lowest BCUT2D eigenvalue weighted by molar-refractivity contribution is 0.262. The average Bonchev–Trinajstić information content (AvgIpc) is 2.85. The fraction of sp³-hybridized carbons (Fsp3) is 0.571. The van der Waals surface area contributed by atoms with E-state index in [0.717, 1.165) is 24.6 Å². The van der Waals surface area contributed by atoms with Gasteiger partial charge in [0.15, 0.2) is 11.5 Å². The van der Waals surface area contributed by atoms with Crippen LogP contribution in [0.5, 0.6) is 11.5 Å². The first-order valence-corrected chi connectivity index (χ1v) is 6.83. The maximum absolute atomic E-state index is 5.99. The van der Waals surface area contributed by atoms with Crippen molar-refractivity contribution < 1.29 is 9.47 Å².